The van der Waals surface area contributed by atoms with Crippen molar-refractivity contribution in [2.24, 2.45) is 5.41 Å². The maximum Gasteiger partial charge on any atom is 0.227 e. The summed E-state index contributed by atoms with van der Waals surface area (Å²) in [5.74, 6) is 0.698. The van der Waals surface area contributed by atoms with E-state index in [1.54, 1.807) is 12.0 Å². The van der Waals surface area contributed by atoms with Crippen LogP contribution in [0.3, 0.4) is 0 Å². The Morgan fingerprint density at radius 3 is 2.43 bits per heavy atom. The molecule has 2 aromatic rings. The van der Waals surface area contributed by atoms with Gasteiger partial charge in [-0.25, -0.2) is 0 Å². The van der Waals surface area contributed by atoms with Crippen LogP contribution in [0.15, 0.2) is 24.3 Å². The molecule has 0 aliphatic heterocycles. The van der Waals surface area contributed by atoms with Crippen LogP contribution in [0.25, 0.3) is 10.6 Å². The van der Waals surface area contributed by atoms with Crippen LogP contribution < -0.4 is 10.1 Å². The number of unbranched alkanes of at least 4 members (excludes halogenated alkanes) is 1. The number of methoxy groups -OCH3 is 1. The van der Waals surface area contributed by atoms with Gasteiger partial charge >= 0.3 is 0 Å². The lowest BCUT2D eigenvalue weighted by Gasteiger charge is -2.26. The maximum absolute atomic E-state index is 12.6. The van der Waals surface area contributed by atoms with Crippen molar-refractivity contribution in [3.8, 4) is 16.3 Å². The number of amides is 2. The van der Waals surface area contributed by atoms with Gasteiger partial charge in [0.2, 0.25) is 16.9 Å². The summed E-state index contributed by atoms with van der Waals surface area (Å²) in [6.07, 6.45) is 2.64. The maximum atomic E-state index is 12.6. The molecule has 0 aliphatic carbocycles. The second kappa shape index (κ2) is 11.1. The van der Waals surface area contributed by atoms with Crippen LogP contribution in [0.2, 0.25) is 0 Å². The van der Waals surface area contributed by atoms with E-state index in [1.165, 1.54) is 11.3 Å². The van der Waals surface area contributed by atoms with Crippen LogP contribution in [0.5, 0.6) is 5.75 Å². The van der Waals surface area contributed by atoms with E-state index in [1.807, 2.05) is 45.0 Å². The number of nitrogens with one attached hydrogen (secondary N) is 1. The number of benzene rings is 1. The van der Waals surface area contributed by atoms with Crippen molar-refractivity contribution in [1.82, 2.24) is 15.1 Å². The molecular formula is C22H32N4O3S. The number of carbonyl (C=O) groups excluding carboxylic acids is 2. The highest BCUT2D eigenvalue weighted by Gasteiger charge is 2.21. The largest absolute Gasteiger partial charge is 0.497 e. The average Bonchev–Trinajstić information content (AvgIpc) is 3.15. The first-order valence-electron chi connectivity index (χ1n) is 10.3. The van der Waals surface area contributed by atoms with Gasteiger partial charge in [0.15, 0.2) is 0 Å². The van der Waals surface area contributed by atoms with Crippen LogP contribution in [0.4, 0.5) is 5.13 Å². The van der Waals surface area contributed by atoms with Gasteiger partial charge < -0.3 is 15.0 Å². The van der Waals surface area contributed by atoms with Crippen molar-refractivity contribution < 1.29 is 14.3 Å². The standard InChI is InChI=1S/C22H32N4O3S/c1-6-7-13-26(19(28)15-22(2,3)4)14-12-18(27)23-21-25-24-20(30-21)16-8-10-17(29-5)11-9-16/h8-11H,6-7,12-15H2,1-5H3,(H,23,25,27). The predicted molar refractivity (Wildman–Crippen MR) is 121 cm³/mol. The summed E-state index contributed by atoms with van der Waals surface area (Å²) < 4.78 is 5.16. The van der Waals surface area contributed by atoms with Crippen molar-refractivity contribution >= 4 is 28.3 Å². The van der Waals surface area contributed by atoms with E-state index in [9.17, 15) is 9.59 Å². The Morgan fingerprint density at radius 2 is 1.83 bits per heavy atom. The monoisotopic (exact) mass is 432 g/mol. The van der Waals surface area contributed by atoms with Crippen molar-refractivity contribution in [1.29, 1.82) is 0 Å². The summed E-state index contributed by atoms with van der Waals surface area (Å²) in [4.78, 5) is 26.8. The summed E-state index contributed by atoms with van der Waals surface area (Å²) in [5, 5.41) is 12.2. The van der Waals surface area contributed by atoms with Crippen molar-refractivity contribution in [2.75, 3.05) is 25.5 Å². The number of hydrogen-bond donors (Lipinski definition) is 1. The molecule has 2 rings (SSSR count). The quantitative estimate of drug-likeness (QED) is 0.593. The summed E-state index contributed by atoms with van der Waals surface area (Å²) >= 11 is 1.31. The van der Waals surface area contributed by atoms with Crippen LogP contribution in [-0.2, 0) is 9.59 Å². The number of nitrogens with zero attached hydrogens (tertiary/aromatic N) is 3. The molecule has 0 saturated heterocycles. The third kappa shape index (κ3) is 7.74. The second-order valence-corrected chi connectivity index (χ2v) is 9.39. The van der Waals surface area contributed by atoms with Gasteiger partial charge in [0.1, 0.15) is 10.8 Å². The normalized spacial score (nSPS) is 11.2. The third-order valence-electron chi connectivity index (χ3n) is 4.43. The fourth-order valence-corrected chi connectivity index (χ4v) is 3.58. The topological polar surface area (TPSA) is 84.4 Å². The summed E-state index contributed by atoms with van der Waals surface area (Å²) in [6.45, 7) is 9.32. The van der Waals surface area contributed by atoms with Gasteiger partial charge in [-0.05, 0) is 36.1 Å². The van der Waals surface area contributed by atoms with E-state index in [0.717, 1.165) is 29.2 Å². The van der Waals surface area contributed by atoms with Gasteiger partial charge in [0, 0.05) is 31.5 Å². The molecule has 1 heterocycles. The average molecular weight is 433 g/mol. The number of aromatic nitrogens is 2. The molecule has 2 amide bonds. The van der Waals surface area contributed by atoms with Gasteiger partial charge in [0.05, 0.1) is 7.11 Å². The molecule has 1 aromatic heterocycles. The molecule has 0 atom stereocenters. The Kier molecular flexibility index (Phi) is 8.77. The zero-order chi connectivity index (χ0) is 22.1. The highest BCUT2D eigenvalue weighted by atomic mass is 32.1. The Labute approximate surface area is 182 Å². The minimum absolute atomic E-state index is 0.0752. The SMILES string of the molecule is CCCCN(CCC(=O)Nc1nnc(-c2ccc(OC)cc2)s1)C(=O)CC(C)(C)C. The van der Waals surface area contributed by atoms with E-state index in [-0.39, 0.29) is 23.7 Å². The first-order chi connectivity index (χ1) is 14.2. The molecule has 1 aromatic carbocycles. The molecule has 0 aliphatic rings. The van der Waals surface area contributed by atoms with Crippen molar-refractivity contribution in [3.63, 3.8) is 0 Å². The zero-order valence-corrected chi connectivity index (χ0v) is 19.3. The van der Waals surface area contributed by atoms with Crippen molar-refractivity contribution in [3.05, 3.63) is 24.3 Å². The highest BCUT2D eigenvalue weighted by Crippen LogP contribution is 2.28. The van der Waals surface area contributed by atoms with E-state index in [4.69, 9.17) is 4.74 Å². The molecule has 0 spiro atoms. The summed E-state index contributed by atoms with van der Waals surface area (Å²) in [5.41, 5.74) is 0.834. The first kappa shape index (κ1) is 23.8. The molecule has 0 bridgehead atoms. The van der Waals surface area contributed by atoms with Gasteiger partial charge in [-0.3, -0.25) is 9.59 Å². The van der Waals surface area contributed by atoms with Gasteiger partial charge in [-0.1, -0.05) is 45.5 Å². The minimum atomic E-state index is -0.169. The highest BCUT2D eigenvalue weighted by molar-refractivity contribution is 7.18. The van der Waals surface area contributed by atoms with Crippen molar-refractivity contribution in [2.45, 2.75) is 53.4 Å². The minimum Gasteiger partial charge on any atom is -0.497 e. The van der Waals surface area contributed by atoms with Crippen LogP contribution in [0.1, 0.15) is 53.4 Å². The van der Waals surface area contributed by atoms with Crippen LogP contribution in [0, 0.1) is 5.41 Å². The van der Waals surface area contributed by atoms with Crippen LogP contribution >= 0.6 is 11.3 Å². The fraction of sp³-hybridized carbons (Fsp3) is 0.545. The van der Waals surface area contributed by atoms with Gasteiger partial charge in [0.25, 0.3) is 0 Å². The van der Waals surface area contributed by atoms with Gasteiger partial charge in [-0.15, -0.1) is 10.2 Å². The smallest absolute Gasteiger partial charge is 0.227 e. The summed E-state index contributed by atoms with van der Waals surface area (Å²) in [6, 6.07) is 7.51. The Hall–Kier alpha value is -2.48. The zero-order valence-electron chi connectivity index (χ0n) is 18.5. The molecule has 30 heavy (non-hydrogen) atoms. The number of ether oxygens (including phenoxy) is 1. The fourth-order valence-electron chi connectivity index (χ4n) is 2.82. The first-order valence-corrected chi connectivity index (χ1v) is 11.1. The number of hydrogen-bond acceptors (Lipinski definition) is 6. The Bertz CT molecular complexity index is 828. The molecule has 0 fully saturated rings. The van der Waals surface area contributed by atoms with Crippen LogP contribution in [-0.4, -0.2) is 47.1 Å². The molecule has 0 unspecified atom stereocenters. The summed E-state index contributed by atoms with van der Waals surface area (Å²) in [7, 11) is 1.62. The number of rotatable bonds is 10. The predicted octanol–water partition coefficient (Wildman–Crippen LogP) is 4.61. The molecule has 7 nitrogen and oxygen atoms in total. The lowest BCUT2D eigenvalue weighted by molar-refractivity contribution is -0.133. The number of anilines is 1. The Morgan fingerprint density at radius 1 is 1.13 bits per heavy atom. The lowest BCUT2D eigenvalue weighted by Crippen LogP contribution is -2.36. The van der Waals surface area contributed by atoms with E-state index < -0.39 is 0 Å². The molecule has 164 valence electrons. The van der Waals surface area contributed by atoms with Gasteiger partial charge in [-0.2, -0.15) is 0 Å². The Balaban J connectivity index is 1.91. The van der Waals surface area contributed by atoms with E-state index >= 15 is 0 Å². The second-order valence-electron chi connectivity index (χ2n) is 8.41. The molecule has 0 saturated carbocycles. The molecular weight excluding hydrogens is 400 g/mol. The lowest BCUT2D eigenvalue weighted by atomic mass is 9.91. The molecule has 0 radical (unpaired) electrons. The molecule has 1 N–H and O–H groups in total. The molecule has 8 heteroatoms. The third-order valence-corrected chi connectivity index (χ3v) is 5.32. The number of carbonyl (C=O) groups is 2. The van der Waals surface area contributed by atoms with E-state index in [0.29, 0.717) is 24.6 Å². The van der Waals surface area contributed by atoms with E-state index in [2.05, 4.69) is 22.4 Å².